The fourth-order valence-corrected chi connectivity index (χ4v) is 3.69. The molecular weight excluding hydrogens is 314 g/mol. The van der Waals surface area contributed by atoms with Gasteiger partial charge in [0.15, 0.2) is 0 Å². The lowest BCUT2D eigenvalue weighted by Crippen LogP contribution is -2.46. The number of ether oxygens (including phenoxy) is 1. The predicted octanol–water partition coefficient (Wildman–Crippen LogP) is 2.75. The molecule has 0 bridgehead atoms. The van der Waals surface area contributed by atoms with Crippen LogP contribution in [0.1, 0.15) is 24.8 Å². The van der Waals surface area contributed by atoms with Crippen molar-refractivity contribution in [2.75, 3.05) is 12.3 Å². The number of likely N-dealkylation sites (tertiary alicyclic amines) is 1. The Kier molecular flexibility index (Phi) is 5.47. The number of benzene rings is 1. The minimum Gasteiger partial charge on any atom is -0.445 e. The van der Waals surface area contributed by atoms with Gasteiger partial charge >= 0.3 is 6.09 Å². The second-order valence-corrected chi connectivity index (χ2v) is 7.91. The maximum atomic E-state index is 12.1. The van der Waals surface area contributed by atoms with E-state index in [2.05, 4.69) is 0 Å². The van der Waals surface area contributed by atoms with Crippen molar-refractivity contribution in [3.8, 4) is 0 Å². The smallest absolute Gasteiger partial charge is 0.410 e. The van der Waals surface area contributed by atoms with Gasteiger partial charge in [-0.3, -0.25) is 0 Å². The summed E-state index contributed by atoms with van der Waals surface area (Å²) in [4.78, 5) is 13.6. The summed E-state index contributed by atoms with van der Waals surface area (Å²) >= 11 is 0. The number of hydrogen-bond donors (Lipinski definition) is 0. The lowest BCUT2D eigenvalue weighted by atomic mass is 10.0. The zero-order valence-electron chi connectivity index (χ0n) is 11.6. The fourth-order valence-electron chi connectivity index (χ4n) is 2.45. The van der Waals surface area contributed by atoms with Gasteiger partial charge in [-0.15, -0.1) is 0 Å². The number of halogens is 1. The molecule has 0 aromatic heterocycles. The first kappa shape index (κ1) is 16.1. The van der Waals surface area contributed by atoms with E-state index in [0.717, 1.165) is 18.4 Å². The first-order valence-corrected chi connectivity index (χ1v) is 9.33. The minimum absolute atomic E-state index is 0.177. The molecule has 1 aliphatic heterocycles. The van der Waals surface area contributed by atoms with E-state index in [9.17, 15) is 13.2 Å². The molecule has 0 spiro atoms. The predicted molar refractivity (Wildman–Crippen MR) is 80.6 cm³/mol. The zero-order chi connectivity index (χ0) is 15.3. The Balaban J connectivity index is 1.95. The maximum absolute atomic E-state index is 12.1. The van der Waals surface area contributed by atoms with Crippen molar-refractivity contribution >= 4 is 25.8 Å². The van der Waals surface area contributed by atoms with Crippen LogP contribution < -0.4 is 0 Å². The fraction of sp³-hybridized carbons (Fsp3) is 0.500. The number of carbonyl (C=O) groups excluding carboxylic acids is 1. The van der Waals surface area contributed by atoms with E-state index >= 15 is 0 Å². The molecule has 116 valence electrons. The molecule has 0 radical (unpaired) electrons. The second kappa shape index (κ2) is 7.13. The van der Waals surface area contributed by atoms with Crippen LogP contribution in [-0.2, 0) is 20.4 Å². The van der Waals surface area contributed by atoms with Crippen LogP contribution in [0.5, 0.6) is 0 Å². The first-order valence-electron chi connectivity index (χ1n) is 6.85. The number of rotatable bonds is 4. The molecule has 1 amide bonds. The Hall–Kier alpha value is -1.27. The van der Waals surface area contributed by atoms with E-state index < -0.39 is 21.2 Å². The monoisotopic (exact) mass is 331 g/mol. The van der Waals surface area contributed by atoms with Gasteiger partial charge in [0.05, 0.1) is 11.8 Å². The van der Waals surface area contributed by atoms with Crippen LogP contribution >= 0.6 is 10.7 Å². The van der Waals surface area contributed by atoms with E-state index in [1.165, 1.54) is 4.90 Å². The van der Waals surface area contributed by atoms with Crippen molar-refractivity contribution in [1.82, 2.24) is 4.90 Å². The van der Waals surface area contributed by atoms with Crippen molar-refractivity contribution < 1.29 is 17.9 Å². The molecule has 1 aromatic carbocycles. The second-order valence-electron chi connectivity index (χ2n) is 5.09. The van der Waals surface area contributed by atoms with Crippen LogP contribution in [0, 0.1) is 0 Å². The van der Waals surface area contributed by atoms with Crippen molar-refractivity contribution in [2.24, 2.45) is 0 Å². The van der Waals surface area contributed by atoms with Gasteiger partial charge in [-0.1, -0.05) is 30.3 Å². The van der Waals surface area contributed by atoms with E-state index in [1.807, 2.05) is 30.3 Å². The van der Waals surface area contributed by atoms with Gasteiger partial charge in [0, 0.05) is 17.2 Å². The van der Waals surface area contributed by atoms with E-state index in [0.29, 0.717) is 13.0 Å². The van der Waals surface area contributed by atoms with Crippen LogP contribution in [0.3, 0.4) is 0 Å². The lowest BCUT2D eigenvalue weighted by Gasteiger charge is -2.34. The van der Waals surface area contributed by atoms with E-state index in [-0.39, 0.29) is 12.4 Å². The molecule has 0 aliphatic carbocycles. The summed E-state index contributed by atoms with van der Waals surface area (Å²) in [5.41, 5.74) is 0.893. The molecule has 1 atom stereocenters. The SMILES string of the molecule is O=C(OCc1ccccc1)N1CCCC[C@@H]1CS(=O)(=O)Cl. The Bertz CT molecular complexity index is 576. The van der Waals surface area contributed by atoms with Gasteiger partial charge in [0.1, 0.15) is 6.61 Å². The van der Waals surface area contributed by atoms with Crippen molar-refractivity contribution in [3.63, 3.8) is 0 Å². The van der Waals surface area contributed by atoms with Gasteiger partial charge in [-0.05, 0) is 24.8 Å². The van der Waals surface area contributed by atoms with Gasteiger partial charge in [0.2, 0.25) is 9.05 Å². The van der Waals surface area contributed by atoms with Gasteiger partial charge in [-0.25, -0.2) is 13.2 Å². The van der Waals surface area contributed by atoms with Crippen molar-refractivity contribution in [2.45, 2.75) is 31.9 Å². The highest BCUT2D eigenvalue weighted by Gasteiger charge is 2.31. The van der Waals surface area contributed by atoms with Crippen LogP contribution in [-0.4, -0.2) is 37.8 Å². The van der Waals surface area contributed by atoms with Crippen molar-refractivity contribution in [1.29, 1.82) is 0 Å². The van der Waals surface area contributed by atoms with Crippen LogP contribution in [0.25, 0.3) is 0 Å². The van der Waals surface area contributed by atoms with E-state index in [4.69, 9.17) is 15.4 Å². The van der Waals surface area contributed by atoms with Gasteiger partial charge in [-0.2, -0.15) is 0 Å². The topological polar surface area (TPSA) is 63.7 Å². The molecule has 7 heteroatoms. The summed E-state index contributed by atoms with van der Waals surface area (Å²) in [6.07, 6.45) is 1.88. The quantitative estimate of drug-likeness (QED) is 0.796. The van der Waals surface area contributed by atoms with Crippen LogP contribution in [0.4, 0.5) is 4.79 Å². The minimum atomic E-state index is -3.63. The Morgan fingerprint density at radius 3 is 2.67 bits per heavy atom. The normalized spacial score (nSPS) is 19.3. The summed E-state index contributed by atoms with van der Waals surface area (Å²) < 4.78 is 27.7. The third-order valence-electron chi connectivity index (χ3n) is 3.46. The average Bonchev–Trinajstić information content (AvgIpc) is 2.45. The summed E-state index contributed by atoms with van der Waals surface area (Å²) in [5, 5.41) is 0. The van der Waals surface area contributed by atoms with E-state index in [1.54, 1.807) is 0 Å². The molecule has 1 aliphatic rings. The molecule has 1 fully saturated rings. The number of piperidine rings is 1. The van der Waals surface area contributed by atoms with Crippen LogP contribution in [0.15, 0.2) is 30.3 Å². The Morgan fingerprint density at radius 1 is 1.29 bits per heavy atom. The molecule has 0 saturated carbocycles. The number of hydrogen-bond acceptors (Lipinski definition) is 4. The van der Waals surface area contributed by atoms with Gasteiger partial charge < -0.3 is 9.64 Å². The largest absolute Gasteiger partial charge is 0.445 e. The zero-order valence-corrected chi connectivity index (χ0v) is 13.1. The molecule has 0 N–H and O–H groups in total. The molecule has 21 heavy (non-hydrogen) atoms. The van der Waals surface area contributed by atoms with Crippen molar-refractivity contribution in [3.05, 3.63) is 35.9 Å². The average molecular weight is 332 g/mol. The van der Waals surface area contributed by atoms with Crippen LogP contribution in [0.2, 0.25) is 0 Å². The molecule has 1 aromatic rings. The molecule has 0 unspecified atom stereocenters. The summed E-state index contributed by atoms with van der Waals surface area (Å²) in [6, 6.07) is 8.95. The number of nitrogens with zero attached hydrogens (tertiary/aromatic N) is 1. The molecule has 2 rings (SSSR count). The summed E-state index contributed by atoms with van der Waals surface area (Å²) in [6.45, 7) is 0.682. The highest BCUT2D eigenvalue weighted by Crippen LogP contribution is 2.21. The number of carbonyl (C=O) groups is 1. The Labute approximate surface area is 129 Å². The maximum Gasteiger partial charge on any atom is 0.410 e. The highest BCUT2D eigenvalue weighted by atomic mass is 35.7. The highest BCUT2D eigenvalue weighted by molar-refractivity contribution is 8.13. The van der Waals surface area contributed by atoms with Gasteiger partial charge in [0.25, 0.3) is 0 Å². The molecule has 1 heterocycles. The Morgan fingerprint density at radius 2 is 2.00 bits per heavy atom. The molecule has 1 saturated heterocycles. The number of amides is 1. The third kappa shape index (κ3) is 5.21. The molecule has 5 nitrogen and oxygen atoms in total. The first-order chi connectivity index (χ1) is 9.96. The molecular formula is C14H18ClNO4S. The summed E-state index contributed by atoms with van der Waals surface area (Å²) in [5.74, 6) is -0.227. The third-order valence-corrected chi connectivity index (χ3v) is 4.62. The lowest BCUT2D eigenvalue weighted by molar-refractivity contribution is 0.0729. The standard InChI is InChI=1S/C14H18ClNO4S/c15-21(18,19)11-13-8-4-5-9-16(13)14(17)20-10-12-6-2-1-3-7-12/h1-3,6-7,13H,4-5,8-11H2/t13-/m1/s1. The summed E-state index contributed by atoms with van der Waals surface area (Å²) in [7, 11) is 1.67.